The van der Waals surface area contributed by atoms with E-state index in [1.165, 1.54) is 0 Å². The Hall–Kier alpha value is -4.20. The number of hydrogen-bond acceptors (Lipinski definition) is 6. The van der Waals surface area contributed by atoms with Crippen molar-refractivity contribution in [3.05, 3.63) is 88.9 Å². The van der Waals surface area contributed by atoms with Gasteiger partial charge in [0.25, 0.3) is 11.8 Å². The topological polar surface area (TPSA) is 106 Å². The third-order valence-corrected chi connectivity index (χ3v) is 4.99. The van der Waals surface area contributed by atoms with Gasteiger partial charge in [0.05, 0.1) is 16.8 Å². The second-order valence-corrected chi connectivity index (χ2v) is 7.14. The second kappa shape index (κ2) is 9.30. The molecule has 0 saturated carbocycles. The summed E-state index contributed by atoms with van der Waals surface area (Å²) in [5.41, 5.74) is 7.73. The van der Waals surface area contributed by atoms with Gasteiger partial charge in [-0.1, -0.05) is 42.4 Å². The fraction of sp³-hybridized carbons (Fsp3) is 0.167. The molecule has 0 aliphatic rings. The van der Waals surface area contributed by atoms with E-state index in [1.54, 1.807) is 36.4 Å². The minimum atomic E-state index is -0.508. The Bertz CT molecular complexity index is 1280. The maximum atomic E-state index is 12.5. The summed E-state index contributed by atoms with van der Waals surface area (Å²) in [7, 11) is 0. The van der Waals surface area contributed by atoms with E-state index in [1.807, 2.05) is 38.1 Å². The lowest BCUT2D eigenvalue weighted by Gasteiger charge is -2.10. The van der Waals surface area contributed by atoms with E-state index in [9.17, 15) is 9.59 Å². The number of fused-ring (bicyclic) bond motifs is 1. The van der Waals surface area contributed by atoms with E-state index >= 15 is 0 Å². The predicted octanol–water partition coefficient (Wildman–Crippen LogP) is 3.75. The Balaban J connectivity index is 1.37. The molecule has 0 spiro atoms. The van der Waals surface area contributed by atoms with Crippen LogP contribution in [-0.2, 0) is 13.0 Å². The minimum Gasteiger partial charge on any atom is -0.489 e. The van der Waals surface area contributed by atoms with Crippen molar-refractivity contribution < 1.29 is 18.8 Å². The van der Waals surface area contributed by atoms with Crippen LogP contribution in [0.5, 0.6) is 5.75 Å². The highest BCUT2D eigenvalue weighted by Crippen LogP contribution is 2.19. The number of amides is 2. The van der Waals surface area contributed by atoms with Gasteiger partial charge in [0.2, 0.25) is 0 Å². The van der Waals surface area contributed by atoms with Crippen LogP contribution in [0.15, 0.2) is 65.2 Å². The number of aromatic nitrogens is 2. The molecule has 0 aliphatic heterocycles. The van der Waals surface area contributed by atoms with Gasteiger partial charge in [-0.15, -0.1) is 0 Å². The van der Waals surface area contributed by atoms with E-state index < -0.39 is 11.8 Å². The first-order chi connectivity index (χ1) is 15.5. The first-order valence-electron chi connectivity index (χ1n) is 10.2. The number of hydrogen-bond donors (Lipinski definition) is 2. The first-order valence-corrected chi connectivity index (χ1v) is 10.2. The van der Waals surface area contributed by atoms with Crippen LogP contribution in [0.3, 0.4) is 0 Å². The molecule has 2 amide bonds. The smallest absolute Gasteiger partial charge is 0.288 e. The average molecular weight is 430 g/mol. The molecule has 8 nitrogen and oxygen atoms in total. The van der Waals surface area contributed by atoms with Gasteiger partial charge in [0, 0.05) is 17.4 Å². The van der Waals surface area contributed by atoms with Gasteiger partial charge in [0.1, 0.15) is 23.8 Å². The number of nitrogens with zero attached hydrogens (tertiary/aromatic N) is 2. The number of pyridine rings is 1. The van der Waals surface area contributed by atoms with Gasteiger partial charge in [-0.05, 0) is 37.3 Å². The molecule has 8 heteroatoms. The number of rotatable bonds is 6. The molecule has 2 N–H and O–H groups in total. The Morgan fingerprint density at radius 3 is 2.66 bits per heavy atom. The van der Waals surface area contributed by atoms with Crippen molar-refractivity contribution in [1.82, 2.24) is 21.0 Å². The van der Waals surface area contributed by atoms with Crippen LogP contribution in [0, 0.1) is 6.92 Å². The van der Waals surface area contributed by atoms with Gasteiger partial charge in [0.15, 0.2) is 0 Å². The summed E-state index contributed by atoms with van der Waals surface area (Å²) >= 11 is 0. The fourth-order valence-electron chi connectivity index (χ4n) is 3.22. The quantitative estimate of drug-likeness (QED) is 0.451. The van der Waals surface area contributed by atoms with E-state index in [4.69, 9.17) is 9.26 Å². The molecule has 0 fully saturated rings. The maximum absolute atomic E-state index is 12.5. The molecule has 2 heterocycles. The Labute approximate surface area is 184 Å². The molecule has 4 aromatic rings. The van der Waals surface area contributed by atoms with Crippen LogP contribution in [0.25, 0.3) is 10.9 Å². The van der Waals surface area contributed by atoms with Gasteiger partial charge >= 0.3 is 0 Å². The Morgan fingerprint density at radius 1 is 1.00 bits per heavy atom. The average Bonchev–Trinajstić information content (AvgIpc) is 3.20. The molecule has 162 valence electrons. The molecular formula is C24H22N4O4. The van der Waals surface area contributed by atoms with Crippen molar-refractivity contribution in [2.75, 3.05) is 0 Å². The molecular weight excluding hydrogens is 408 g/mol. The second-order valence-electron chi connectivity index (χ2n) is 7.14. The summed E-state index contributed by atoms with van der Waals surface area (Å²) in [5.74, 6) is 0.316. The molecule has 0 atom stereocenters. The number of para-hydroxylation sites is 1. The van der Waals surface area contributed by atoms with Crippen molar-refractivity contribution in [2.24, 2.45) is 0 Å². The first kappa shape index (κ1) is 21.0. The summed E-state index contributed by atoms with van der Waals surface area (Å²) in [6.45, 7) is 4.13. The monoisotopic (exact) mass is 430 g/mol. The van der Waals surface area contributed by atoms with Gasteiger partial charge < -0.3 is 9.26 Å². The third-order valence-electron chi connectivity index (χ3n) is 4.99. The molecule has 0 radical (unpaired) electrons. The third kappa shape index (κ3) is 4.59. The van der Waals surface area contributed by atoms with Crippen molar-refractivity contribution >= 4 is 22.7 Å². The van der Waals surface area contributed by atoms with Crippen molar-refractivity contribution in [3.8, 4) is 5.75 Å². The van der Waals surface area contributed by atoms with Crippen molar-refractivity contribution in [2.45, 2.75) is 26.9 Å². The zero-order valence-electron chi connectivity index (χ0n) is 17.7. The molecule has 2 aromatic heterocycles. The number of ether oxygens (including phenoxy) is 1. The number of carbonyl (C=O) groups is 2. The van der Waals surface area contributed by atoms with E-state index in [0.717, 1.165) is 22.4 Å². The zero-order valence-corrected chi connectivity index (χ0v) is 17.7. The maximum Gasteiger partial charge on any atom is 0.288 e. The summed E-state index contributed by atoms with van der Waals surface area (Å²) in [6, 6.07) is 17.6. The highest BCUT2D eigenvalue weighted by atomic mass is 16.5. The van der Waals surface area contributed by atoms with Crippen LogP contribution in [0.4, 0.5) is 0 Å². The van der Waals surface area contributed by atoms with E-state index in [-0.39, 0.29) is 12.3 Å². The summed E-state index contributed by atoms with van der Waals surface area (Å²) in [4.78, 5) is 29.2. The Kier molecular flexibility index (Phi) is 6.12. The van der Waals surface area contributed by atoms with E-state index in [0.29, 0.717) is 23.3 Å². The largest absolute Gasteiger partial charge is 0.489 e. The molecule has 0 saturated heterocycles. The van der Waals surface area contributed by atoms with Crippen LogP contribution >= 0.6 is 0 Å². The van der Waals surface area contributed by atoms with E-state index in [2.05, 4.69) is 21.0 Å². The molecule has 0 unspecified atom stereocenters. The lowest BCUT2D eigenvalue weighted by molar-refractivity contribution is 0.0844. The lowest BCUT2D eigenvalue weighted by Crippen LogP contribution is -2.41. The molecule has 0 bridgehead atoms. The van der Waals surface area contributed by atoms with Gasteiger partial charge in [-0.3, -0.25) is 20.4 Å². The van der Waals surface area contributed by atoms with Crippen molar-refractivity contribution in [1.29, 1.82) is 0 Å². The summed E-state index contributed by atoms with van der Waals surface area (Å²) in [6.07, 6.45) is 0.716. The fourth-order valence-corrected chi connectivity index (χ4v) is 3.22. The van der Waals surface area contributed by atoms with Crippen molar-refractivity contribution in [3.63, 3.8) is 0 Å². The number of benzene rings is 2. The Morgan fingerprint density at radius 2 is 1.81 bits per heavy atom. The van der Waals surface area contributed by atoms with Crippen LogP contribution in [0.2, 0.25) is 0 Å². The molecule has 2 aromatic carbocycles. The lowest BCUT2D eigenvalue weighted by atomic mass is 10.2. The van der Waals surface area contributed by atoms with Crippen LogP contribution in [-0.4, -0.2) is 22.0 Å². The van der Waals surface area contributed by atoms with Gasteiger partial charge in [-0.2, -0.15) is 0 Å². The summed E-state index contributed by atoms with van der Waals surface area (Å²) < 4.78 is 11.1. The molecule has 0 aliphatic carbocycles. The number of aryl methyl sites for hydroxylation is 2. The van der Waals surface area contributed by atoms with Gasteiger partial charge in [-0.25, -0.2) is 4.98 Å². The summed E-state index contributed by atoms with van der Waals surface area (Å²) in [5, 5.41) is 4.89. The zero-order chi connectivity index (χ0) is 22.5. The highest BCUT2D eigenvalue weighted by Gasteiger charge is 2.14. The van der Waals surface area contributed by atoms with Crippen LogP contribution < -0.4 is 15.6 Å². The molecule has 32 heavy (non-hydrogen) atoms. The molecule has 4 rings (SSSR count). The van der Waals surface area contributed by atoms with Crippen LogP contribution in [0.1, 0.15) is 44.8 Å². The number of carbonyl (C=O) groups excluding carboxylic acids is 2. The number of nitrogens with one attached hydrogen (secondary N) is 2. The normalized spacial score (nSPS) is 10.7. The standard InChI is InChI=1S/C24H22N4O4/c1-3-22-19(15(2)28-32-22)14-31-18-9-6-8-17(13-18)23(29)26-27-24(30)21-12-11-16-7-4-5-10-20(16)25-21/h4-13H,3,14H2,1-2H3,(H,26,29)(H,27,30). The minimum absolute atomic E-state index is 0.205. The highest BCUT2D eigenvalue weighted by molar-refractivity contribution is 5.99. The number of hydrazine groups is 1. The SMILES string of the molecule is CCc1onc(C)c1COc1cccc(C(=O)NNC(=O)c2ccc3ccccc3n2)c1. The predicted molar refractivity (Wildman–Crippen MR) is 118 cm³/mol.